The van der Waals surface area contributed by atoms with E-state index in [0.29, 0.717) is 23.8 Å². The van der Waals surface area contributed by atoms with Crippen LogP contribution in [0.1, 0.15) is 37.6 Å². The fraction of sp³-hybridized carbons (Fsp3) is 0.444. The average Bonchev–Trinajstić information content (AvgIpc) is 2.58. The quantitative estimate of drug-likeness (QED) is 0.509. The Hall–Kier alpha value is -2.90. The van der Waals surface area contributed by atoms with Crippen LogP contribution < -0.4 is 15.4 Å². The molecule has 1 rings (SSSR count). The van der Waals surface area contributed by atoms with E-state index in [2.05, 4.69) is 10.6 Å². The number of amides is 3. The van der Waals surface area contributed by atoms with Crippen LogP contribution in [0.5, 0.6) is 5.75 Å². The molecular formula is C18H24N2O6. The number of Topliss-reactive ketones (excluding diaryl/α,β-unsaturated/α-hetero) is 1. The average molecular weight is 364 g/mol. The number of urea groups is 1. The largest absolute Gasteiger partial charge is 0.482 e. The number of nitrogens with one attached hydrogen (secondary N) is 2. The smallest absolute Gasteiger partial charge is 0.344 e. The predicted octanol–water partition coefficient (Wildman–Crippen LogP) is 1.68. The van der Waals surface area contributed by atoms with E-state index in [1.54, 1.807) is 18.2 Å². The van der Waals surface area contributed by atoms with E-state index in [1.807, 2.05) is 13.8 Å². The molecule has 0 aromatic heterocycles. The third kappa shape index (κ3) is 8.81. The Balaban J connectivity index is 2.27. The topological polar surface area (TPSA) is 111 Å². The summed E-state index contributed by atoms with van der Waals surface area (Å²) < 4.78 is 9.93. The first kappa shape index (κ1) is 21.1. The molecule has 3 amide bonds. The van der Waals surface area contributed by atoms with E-state index >= 15 is 0 Å². The molecule has 26 heavy (non-hydrogen) atoms. The van der Waals surface area contributed by atoms with Gasteiger partial charge >= 0.3 is 12.0 Å². The molecular weight excluding hydrogens is 340 g/mol. The molecule has 0 saturated heterocycles. The van der Waals surface area contributed by atoms with Crippen molar-refractivity contribution in [3.63, 3.8) is 0 Å². The van der Waals surface area contributed by atoms with Crippen LogP contribution in [0.25, 0.3) is 0 Å². The number of ketones is 1. The summed E-state index contributed by atoms with van der Waals surface area (Å²) in [6, 6.07) is 5.72. The minimum Gasteiger partial charge on any atom is -0.482 e. The van der Waals surface area contributed by atoms with Crippen LogP contribution in [0.4, 0.5) is 4.79 Å². The van der Waals surface area contributed by atoms with E-state index < -0.39 is 31.1 Å². The monoisotopic (exact) mass is 364 g/mol. The Kier molecular flexibility index (Phi) is 8.83. The van der Waals surface area contributed by atoms with Gasteiger partial charge in [0.05, 0.1) is 0 Å². The van der Waals surface area contributed by atoms with Gasteiger partial charge in [-0.2, -0.15) is 0 Å². The van der Waals surface area contributed by atoms with Crippen molar-refractivity contribution in [2.45, 2.75) is 27.2 Å². The van der Waals surface area contributed by atoms with Crippen LogP contribution in [-0.4, -0.2) is 43.4 Å². The number of imide groups is 1. The maximum Gasteiger partial charge on any atom is 0.344 e. The van der Waals surface area contributed by atoms with E-state index in [-0.39, 0.29) is 5.78 Å². The zero-order chi connectivity index (χ0) is 19.5. The molecule has 8 heteroatoms. The maximum absolute atomic E-state index is 11.6. The molecule has 0 unspecified atom stereocenters. The second-order valence-corrected chi connectivity index (χ2v) is 6.02. The number of hydrogen-bond acceptors (Lipinski definition) is 6. The van der Waals surface area contributed by atoms with Crippen molar-refractivity contribution in [2.75, 3.05) is 19.8 Å². The highest BCUT2D eigenvalue weighted by molar-refractivity contribution is 5.95. The molecule has 0 aliphatic heterocycles. The lowest BCUT2D eigenvalue weighted by Gasteiger charge is -2.09. The van der Waals surface area contributed by atoms with Crippen LogP contribution in [0.15, 0.2) is 24.3 Å². The number of carbonyl (C=O) groups is 4. The molecule has 0 fully saturated rings. The number of carbonyl (C=O) groups excluding carboxylic acids is 4. The van der Waals surface area contributed by atoms with E-state index in [1.165, 1.54) is 13.0 Å². The molecule has 1 aromatic rings. The summed E-state index contributed by atoms with van der Waals surface area (Å²) in [5.74, 6) is -0.860. The third-order valence-corrected chi connectivity index (χ3v) is 3.22. The van der Waals surface area contributed by atoms with Crippen LogP contribution in [0, 0.1) is 5.92 Å². The van der Waals surface area contributed by atoms with Gasteiger partial charge in [-0.1, -0.05) is 26.0 Å². The van der Waals surface area contributed by atoms with Gasteiger partial charge in [0.25, 0.3) is 5.91 Å². The summed E-state index contributed by atoms with van der Waals surface area (Å²) in [4.78, 5) is 45.8. The molecule has 0 aliphatic rings. The number of rotatable bonds is 9. The van der Waals surface area contributed by atoms with Gasteiger partial charge in [-0.15, -0.1) is 0 Å². The fourth-order valence-electron chi connectivity index (χ4n) is 1.82. The molecule has 8 nitrogen and oxygen atoms in total. The summed E-state index contributed by atoms with van der Waals surface area (Å²) in [6.45, 7) is 4.89. The predicted molar refractivity (Wildman–Crippen MR) is 93.9 cm³/mol. The van der Waals surface area contributed by atoms with E-state index in [4.69, 9.17) is 9.47 Å². The van der Waals surface area contributed by atoms with Crippen molar-refractivity contribution in [1.82, 2.24) is 10.6 Å². The SMILES string of the molecule is CC(=O)c1cccc(OCC(=O)OCC(=O)NC(=O)NCCC(C)C)c1. The molecule has 0 atom stereocenters. The minimum atomic E-state index is -0.770. The normalized spacial score (nSPS) is 10.2. The van der Waals surface area contributed by atoms with Crippen molar-refractivity contribution in [3.05, 3.63) is 29.8 Å². The summed E-state index contributed by atoms with van der Waals surface area (Å²) in [7, 11) is 0. The number of esters is 1. The first-order valence-electron chi connectivity index (χ1n) is 8.25. The standard InChI is InChI=1S/C18H24N2O6/c1-12(2)7-8-19-18(24)20-16(22)10-26-17(23)11-25-15-6-4-5-14(9-15)13(3)21/h4-6,9,12H,7-8,10-11H2,1-3H3,(H2,19,20,22,24). The van der Waals surface area contributed by atoms with Gasteiger partial charge in [0.1, 0.15) is 5.75 Å². The number of benzene rings is 1. The van der Waals surface area contributed by atoms with Crippen molar-refractivity contribution in [2.24, 2.45) is 5.92 Å². The summed E-state index contributed by atoms with van der Waals surface area (Å²) in [6.07, 6.45) is 0.790. The van der Waals surface area contributed by atoms with E-state index in [9.17, 15) is 19.2 Å². The lowest BCUT2D eigenvalue weighted by atomic mass is 10.1. The van der Waals surface area contributed by atoms with Gasteiger partial charge in [-0.05, 0) is 31.4 Å². The Bertz CT molecular complexity index is 657. The van der Waals surface area contributed by atoms with Crippen molar-refractivity contribution in [1.29, 1.82) is 0 Å². The number of ether oxygens (including phenoxy) is 2. The molecule has 0 bridgehead atoms. The Morgan fingerprint density at radius 1 is 1.12 bits per heavy atom. The lowest BCUT2D eigenvalue weighted by molar-refractivity contribution is -0.150. The highest BCUT2D eigenvalue weighted by atomic mass is 16.6. The van der Waals surface area contributed by atoms with Crippen LogP contribution in [0.3, 0.4) is 0 Å². The van der Waals surface area contributed by atoms with Crippen LogP contribution >= 0.6 is 0 Å². The highest BCUT2D eigenvalue weighted by Gasteiger charge is 2.11. The Labute approximate surface area is 152 Å². The minimum absolute atomic E-state index is 0.124. The van der Waals surface area contributed by atoms with Gasteiger partial charge in [0, 0.05) is 12.1 Å². The Morgan fingerprint density at radius 3 is 2.50 bits per heavy atom. The first-order valence-corrected chi connectivity index (χ1v) is 8.25. The summed E-state index contributed by atoms with van der Waals surface area (Å²) >= 11 is 0. The van der Waals surface area contributed by atoms with E-state index in [0.717, 1.165) is 6.42 Å². The molecule has 0 spiro atoms. The fourth-order valence-corrected chi connectivity index (χ4v) is 1.82. The first-order chi connectivity index (χ1) is 12.3. The van der Waals surface area contributed by atoms with Gasteiger partial charge in [0.15, 0.2) is 19.0 Å². The van der Waals surface area contributed by atoms with Crippen LogP contribution in [-0.2, 0) is 14.3 Å². The molecule has 1 aromatic carbocycles. The molecule has 0 aliphatic carbocycles. The second-order valence-electron chi connectivity index (χ2n) is 6.02. The maximum atomic E-state index is 11.6. The lowest BCUT2D eigenvalue weighted by Crippen LogP contribution is -2.42. The van der Waals surface area contributed by atoms with Gasteiger partial charge in [-0.3, -0.25) is 14.9 Å². The number of hydrogen-bond donors (Lipinski definition) is 2. The van der Waals surface area contributed by atoms with Crippen LogP contribution in [0.2, 0.25) is 0 Å². The molecule has 0 saturated carbocycles. The van der Waals surface area contributed by atoms with Gasteiger partial charge in [-0.25, -0.2) is 9.59 Å². The molecule has 0 radical (unpaired) electrons. The molecule has 142 valence electrons. The molecule has 0 heterocycles. The Morgan fingerprint density at radius 2 is 1.85 bits per heavy atom. The van der Waals surface area contributed by atoms with Crippen molar-refractivity contribution < 1.29 is 28.7 Å². The van der Waals surface area contributed by atoms with Crippen molar-refractivity contribution >= 4 is 23.7 Å². The van der Waals surface area contributed by atoms with Gasteiger partial charge in [0.2, 0.25) is 0 Å². The zero-order valence-corrected chi connectivity index (χ0v) is 15.2. The summed E-state index contributed by atoms with van der Waals surface area (Å²) in [5.41, 5.74) is 0.457. The summed E-state index contributed by atoms with van der Waals surface area (Å²) in [5, 5.41) is 4.59. The van der Waals surface area contributed by atoms with Crippen molar-refractivity contribution in [3.8, 4) is 5.75 Å². The third-order valence-electron chi connectivity index (χ3n) is 3.22. The van der Waals surface area contributed by atoms with Gasteiger partial charge < -0.3 is 14.8 Å². The molecule has 2 N–H and O–H groups in total. The zero-order valence-electron chi connectivity index (χ0n) is 15.2. The second kappa shape index (κ2) is 10.9. The highest BCUT2D eigenvalue weighted by Crippen LogP contribution is 2.13.